The third-order valence-corrected chi connectivity index (χ3v) is 2.53. The molecule has 1 aromatic carbocycles. The molecule has 21 heavy (non-hydrogen) atoms. The lowest BCUT2D eigenvalue weighted by Gasteiger charge is -2.19. The van der Waals surface area contributed by atoms with Gasteiger partial charge in [-0.15, -0.1) is 0 Å². The Labute approximate surface area is 117 Å². The molecule has 0 aliphatic rings. The van der Waals surface area contributed by atoms with Crippen LogP contribution >= 0.6 is 0 Å². The predicted molar refractivity (Wildman–Crippen MR) is 64.5 cm³/mol. The maximum atomic E-state index is 12.6. The monoisotopic (exact) mass is 313 g/mol. The number of rotatable bonds is 1. The molecule has 0 saturated carbocycles. The predicted octanol–water partition coefficient (Wildman–Crippen LogP) is 4.71. The van der Waals surface area contributed by atoms with E-state index in [1.165, 1.54) is 20.8 Å². The molecule has 0 atom stereocenters. The molecule has 118 valence electrons. The third kappa shape index (κ3) is 4.64. The summed E-state index contributed by atoms with van der Waals surface area (Å²) < 4.78 is 75.8. The van der Waals surface area contributed by atoms with Crippen LogP contribution in [0.1, 0.15) is 31.9 Å². The highest BCUT2D eigenvalue weighted by atomic mass is 19.4. The summed E-state index contributed by atoms with van der Waals surface area (Å²) in [7, 11) is 0. The largest absolute Gasteiger partial charge is 0.416 e. The second-order valence-electron chi connectivity index (χ2n) is 5.50. The quantitative estimate of drug-likeness (QED) is 0.748. The van der Waals surface area contributed by atoms with Crippen LogP contribution in [0.2, 0.25) is 0 Å². The van der Waals surface area contributed by atoms with E-state index in [-0.39, 0.29) is 6.07 Å². The van der Waals surface area contributed by atoms with E-state index in [1.54, 1.807) is 0 Å². The van der Waals surface area contributed by atoms with Crippen molar-refractivity contribution in [2.75, 3.05) is 5.32 Å². The van der Waals surface area contributed by atoms with Gasteiger partial charge in [0.05, 0.1) is 11.1 Å². The maximum absolute atomic E-state index is 12.6. The second-order valence-corrected chi connectivity index (χ2v) is 5.50. The lowest BCUT2D eigenvalue weighted by Crippen LogP contribution is -2.28. The van der Waals surface area contributed by atoms with E-state index in [4.69, 9.17) is 0 Å². The minimum atomic E-state index is -4.94. The van der Waals surface area contributed by atoms with E-state index in [0.29, 0.717) is 12.1 Å². The summed E-state index contributed by atoms with van der Waals surface area (Å²) in [5, 5.41) is 2.07. The van der Waals surface area contributed by atoms with Crippen molar-refractivity contribution in [3.8, 4) is 0 Å². The molecular formula is C13H13F6NO. The summed E-state index contributed by atoms with van der Waals surface area (Å²) in [6.45, 7) is 4.46. The molecule has 0 unspecified atom stereocenters. The molecule has 0 radical (unpaired) electrons. The summed E-state index contributed by atoms with van der Waals surface area (Å²) in [6.07, 6.45) is -9.88. The molecule has 1 N–H and O–H groups in total. The fraction of sp³-hybridized carbons (Fsp3) is 0.462. The van der Waals surface area contributed by atoms with Gasteiger partial charge in [0, 0.05) is 11.1 Å². The van der Waals surface area contributed by atoms with Gasteiger partial charge in [-0.05, 0) is 18.2 Å². The van der Waals surface area contributed by atoms with Crippen LogP contribution < -0.4 is 5.32 Å². The molecule has 8 heteroatoms. The van der Waals surface area contributed by atoms with Crippen molar-refractivity contribution in [2.24, 2.45) is 5.41 Å². The van der Waals surface area contributed by atoms with E-state index < -0.39 is 40.5 Å². The highest BCUT2D eigenvalue weighted by Crippen LogP contribution is 2.37. The smallest absolute Gasteiger partial charge is 0.326 e. The minimum Gasteiger partial charge on any atom is -0.326 e. The Kier molecular flexibility index (Phi) is 4.32. The summed E-state index contributed by atoms with van der Waals surface area (Å²) in [5.41, 5.74) is -4.44. The average molecular weight is 313 g/mol. The van der Waals surface area contributed by atoms with E-state index in [1.807, 2.05) is 0 Å². The SMILES string of the molecule is CC(C)(C)C(=O)Nc1cc(C(F)(F)F)cc(C(F)(F)F)c1. The number of hydrogen-bond acceptors (Lipinski definition) is 1. The number of carbonyl (C=O) groups is 1. The Bertz CT molecular complexity index is 507. The lowest BCUT2D eigenvalue weighted by molar-refractivity contribution is -0.143. The fourth-order valence-electron chi connectivity index (χ4n) is 1.35. The fourth-order valence-corrected chi connectivity index (χ4v) is 1.35. The molecular weight excluding hydrogens is 300 g/mol. The van der Waals surface area contributed by atoms with Crippen LogP contribution in [0, 0.1) is 5.41 Å². The number of carbonyl (C=O) groups excluding carboxylic acids is 1. The van der Waals surface area contributed by atoms with E-state index >= 15 is 0 Å². The van der Waals surface area contributed by atoms with Gasteiger partial charge < -0.3 is 5.32 Å². The van der Waals surface area contributed by atoms with Crippen molar-refractivity contribution >= 4 is 11.6 Å². The van der Waals surface area contributed by atoms with Crippen molar-refractivity contribution in [3.05, 3.63) is 29.3 Å². The summed E-state index contributed by atoms with van der Waals surface area (Å²) in [6, 6.07) is 0.949. The first-order valence-electron chi connectivity index (χ1n) is 5.82. The van der Waals surface area contributed by atoms with Crippen LogP contribution in [0.25, 0.3) is 0 Å². The van der Waals surface area contributed by atoms with E-state index in [9.17, 15) is 31.1 Å². The van der Waals surface area contributed by atoms with E-state index in [0.717, 1.165) is 0 Å². The number of anilines is 1. The van der Waals surface area contributed by atoms with E-state index in [2.05, 4.69) is 5.32 Å². The first kappa shape index (κ1) is 17.3. The second kappa shape index (κ2) is 5.23. The first-order valence-corrected chi connectivity index (χ1v) is 5.82. The zero-order valence-corrected chi connectivity index (χ0v) is 11.4. The molecule has 0 fully saturated rings. The summed E-state index contributed by atoms with van der Waals surface area (Å²) in [4.78, 5) is 11.7. The third-order valence-electron chi connectivity index (χ3n) is 2.53. The molecule has 0 bridgehead atoms. The maximum Gasteiger partial charge on any atom is 0.416 e. The molecule has 1 aromatic rings. The van der Waals surface area contributed by atoms with Crippen LogP contribution in [0.15, 0.2) is 18.2 Å². The highest BCUT2D eigenvalue weighted by Gasteiger charge is 2.37. The van der Waals surface area contributed by atoms with Crippen LogP contribution in [-0.2, 0) is 17.1 Å². The van der Waals surface area contributed by atoms with Crippen molar-refractivity contribution in [3.63, 3.8) is 0 Å². The standard InChI is InChI=1S/C13H13F6NO/c1-11(2,3)10(21)20-9-5-7(12(14,15)16)4-8(6-9)13(17,18)19/h4-6H,1-3H3,(H,20,21). The average Bonchev–Trinajstić information content (AvgIpc) is 2.24. The molecule has 0 spiro atoms. The number of halogens is 6. The van der Waals surface area contributed by atoms with Crippen LogP contribution in [-0.4, -0.2) is 5.91 Å². The molecule has 0 aliphatic carbocycles. The van der Waals surface area contributed by atoms with Gasteiger partial charge in [0.2, 0.25) is 5.91 Å². The van der Waals surface area contributed by atoms with Gasteiger partial charge in [0.25, 0.3) is 0 Å². The molecule has 0 aromatic heterocycles. The topological polar surface area (TPSA) is 29.1 Å². The summed E-state index contributed by atoms with van der Waals surface area (Å²) >= 11 is 0. The van der Waals surface area contributed by atoms with Crippen molar-refractivity contribution in [1.82, 2.24) is 0 Å². The number of alkyl halides is 6. The van der Waals surface area contributed by atoms with Gasteiger partial charge in [-0.2, -0.15) is 26.3 Å². The first-order chi connectivity index (χ1) is 9.21. The van der Waals surface area contributed by atoms with Crippen LogP contribution in [0.5, 0.6) is 0 Å². The zero-order valence-electron chi connectivity index (χ0n) is 11.4. The van der Waals surface area contributed by atoms with Gasteiger partial charge in [0.15, 0.2) is 0 Å². The Morgan fingerprint density at radius 2 is 1.24 bits per heavy atom. The lowest BCUT2D eigenvalue weighted by atomic mass is 9.95. The number of nitrogens with one attached hydrogen (secondary N) is 1. The normalized spacial score (nSPS) is 13.2. The number of hydrogen-bond donors (Lipinski definition) is 1. The van der Waals surface area contributed by atoms with Gasteiger partial charge >= 0.3 is 12.4 Å². The van der Waals surface area contributed by atoms with Gasteiger partial charge in [0.1, 0.15) is 0 Å². The van der Waals surface area contributed by atoms with Crippen LogP contribution in [0.3, 0.4) is 0 Å². The highest BCUT2D eigenvalue weighted by molar-refractivity contribution is 5.94. The molecule has 2 nitrogen and oxygen atoms in total. The molecule has 0 saturated heterocycles. The molecule has 1 amide bonds. The summed E-state index contributed by atoms with van der Waals surface area (Å²) in [5.74, 6) is -0.685. The Hall–Kier alpha value is -1.73. The van der Waals surface area contributed by atoms with Gasteiger partial charge in [-0.25, -0.2) is 0 Å². The van der Waals surface area contributed by atoms with Crippen LogP contribution in [0.4, 0.5) is 32.0 Å². The molecule has 0 heterocycles. The number of benzene rings is 1. The number of amides is 1. The van der Waals surface area contributed by atoms with Gasteiger partial charge in [-0.1, -0.05) is 20.8 Å². The van der Waals surface area contributed by atoms with Crippen molar-refractivity contribution in [1.29, 1.82) is 0 Å². The molecule has 1 rings (SSSR count). The van der Waals surface area contributed by atoms with Gasteiger partial charge in [-0.3, -0.25) is 4.79 Å². The van der Waals surface area contributed by atoms with Crippen molar-refractivity contribution < 1.29 is 31.1 Å². The van der Waals surface area contributed by atoms with Crippen molar-refractivity contribution in [2.45, 2.75) is 33.1 Å². The molecule has 0 aliphatic heterocycles. The minimum absolute atomic E-state index is 0.00669. The zero-order chi connectivity index (χ0) is 16.6. The Morgan fingerprint density at radius 3 is 1.52 bits per heavy atom. The Balaban J connectivity index is 3.30. The Morgan fingerprint density at radius 1 is 0.857 bits per heavy atom.